The van der Waals surface area contributed by atoms with Crippen molar-refractivity contribution in [1.82, 2.24) is 9.29 Å². The maximum Gasteiger partial charge on any atom is 0.244 e. The molecule has 0 unspecified atom stereocenters. The van der Waals surface area contributed by atoms with E-state index in [1.807, 2.05) is 23.6 Å². The molecule has 21 heavy (non-hydrogen) atoms. The van der Waals surface area contributed by atoms with Gasteiger partial charge in [-0.25, -0.2) is 12.7 Å². The second-order valence-electron chi connectivity index (χ2n) is 4.70. The number of aromatic nitrogens is 1. The predicted molar refractivity (Wildman–Crippen MR) is 86.4 cm³/mol. The van der Waals surface area contributed by atoms with Crippen LogP contribution < -0.4 is 0 Å². The highest BCUT2D eigenvalue weighted by Crippen LogP contribution is 2.30. The van der Waals surface area contributed by atoms with Crippen molar-refractivity contribution >= 4 is 33.0 Å². The largest absolute Gasteiger partial charge is 0.261 e. The number of sulfonamides is 1. The highest BCUT2D eigenvalue weighted by molar-refractivity contribution is 7.89. The van der Waals surface area contributed by atoms with Gasteiger partial charge in [0, 0.05) is 36.8 Å². The minimum atomic E-state index is -3.51. The summed E-state index contributed by atoms with van der Waals surface area (Å²) in [6.45, 7) is 2.18. The molecule has 0 bridgehead atoms. The molecule has 2 aromatic heterocycles. The van der Waals surface area contributed by atoms with Crippen molar-refractivity contribution in [3.8, 4) is 0 Å². The lowest BCUT2D eigenvalue weighted by Crippen LogP contribution is -2.30. The first-order valence-electron chi connectivity index (χ1n) is 6.46. The molecular weight excluding hydrogens is 328 g/mol. The summed E-state index contributed by atoms with van der Waals surface area (Å²) in [5.41, 5.74) is 1.62. The van der Waals surface area contributed by atoms with Gasteiger partial charge in [-0.2, -0.15) is 0 Å². The van der Waals surface area contributed by atoms with Crippen LogP contribution in [0.2, 0.25) is 0 Å². The second-order valence-corrected chi connectivity index (χ2v) is 7.92. The molecule has 0 atom stereocenters. The average Bonchev–Trinajstić information content (AvgIpc) is 2.87. The van der Waals surface area contributed by atoms with E-state index in [1.165, 1.54) is 15.6 Å². The maximum atomic E-state index is 12.7. The van der Waals surface area contributed by atoms with E-state index in [1.54, 1.807) is 20.2 Å². The zero-order chi connectivity index (χ0) is 15.5. The van der Waals surface area contributed by atoms with Crippen molar-refractivity contribution in [2.24, 2.45) is 0 Å². The molecule has 4 nitrogen and oxygen atoms in total. The summed E-state index contributed by atoms with van der Waals surface area (Å²) < 4.78 is 26.7. The van der Waals surface area contributed by atoms with Crippen LogP contribution in [0, 0.1) is 6.92 Å². The number of thiophene rings is 1. The summed E-state index contributed by atoms with van der Waals surface area (Å²) in [6.07, 6.45) is 2.29. The van der Waals surface area contributed by atoms with Gasteiger partial charge in [0.15, 0.2) is 0 Å². The van der Waals surface area contributed by atoms with E-state index in [4.69, 9.17) is 11.6 Å². The van der Waals surface area contributed by atoms with Gasteiger partial charge in [0.25, 0.3) is 0 Å². The van der Waals surface area contributed by atoms with Gasteiger partial charge in [0.2, 0.25) is 10.0 Å². The minimum Gasteiger partial charge on any atom is -0.261 e. The van der Waals surface area contributed by atoms with Crippen molar-refractivity contribution in [2.45, 2.75) is 24.1 Å². The van der Waals surface area contributed by atoms with Gasteiger partial charge in [-0.15, -0.1) is 22.9 Å². The fourth-order valence-corrected chi connectivity index (χ4v) is 5.19. The Morgan fingerprint density at radius 2 is 2.14 bits per heavy atom. The van der Waals surface area contributed by atoms with Crippen molar-refractivity contribution in [3.05, 3.63) is 45.9 Å². The van der Waals surface area contributed by atoms with Crippen molar-refractivity contribution in [3.63, 3.8) is 0 Å². The van der Waals surface area contributed by atoms with E-state index < -0.39 is 10.0 Å². The first-order valence-corrected chi connectivity index (χ1v) is 9.31. The third kappa shape index (κ3) is 3.63. The normalized spacial score (nSPS) is 12.0. The van der Waals surface area contributed by atoms with Crippen LogP contribution in [0.4, 0.5) is 0 Å². The number of nitrogens with zero attached hydrogens (tertiary/aromatic N) is 2. The van der Waals surface area contributed by atoms with E-state index in [-0.39, 0.29) is 5.88 Å². The Hall–Kier alpha value is -0.950. The zero-order valence-corrected chi connectivity index (χ0v) is 14.3. The molecule has 0 saturated carbocycles. The molecule has 0 radical (unpaired) electrons. The van der Waals surface area contributed by atoms with Crippen LogP contribution in [-0.2, 0) is 22.3 Å². The molecule has 0 amide bonds. The Bertz CT molecular complexity index is 699. The number of likely N-dealkylation sites (N-methyl/N-ethyl adjacent to an activating group) is 1. The van der Waals surface area contributed by atoms with Gasteiger partial charge in [0.1, 0.15) is 4.90 Å². The number of halogens is 1. The molecular formula is C14H17ClN2O2S2. The highest BCUT2D eigenvalue weighted by atomic mass is 35.5. The molecule has 2 heterocycles. The summed E-state index contributed by atoms with van der Waals surface area (Å²) >= 11 is 7.23. The van der Waals surface area contributed by atoms with Gasteiger partial charge in [0.05, 0.1) is 5.88 Å². The van der Waals surface area contributed by atoms with Gasteiger partial charge < -0.3 is 0 Å². The molecule has 2 rings (SSSR count). The fraction of sp³-hybridized carbons (Fsp3) is 0.357. The molecule has 114 valence electrons. The van der Waals surface area contributed by atoms with Crippen molar-refractivity contribution in [2.75, 3.05) is 13.6 Å². The molecule has 0 fully saturated rings. The predicted octanol–water partition coefficient (Wildman–Crippen LogP) is 3.05. The van der Waals surface area contributed by atoms with Crippen molar-refractivity contribution < 1.29 is 8.42 Å². The highest BCUT2D eigenvalue weighted by Gasteiger charge is 2.26. The fourth-order valence-electron chi connectivity index (χ4n) is 2.02. The van der Waals surface area contributed by atoms with Crippen LogP contribution in [0.1, 0.15) is 16.1 Å². The Kier molecular flexibility index (Phi) is 5.37. The van der Waals surface area contributed by atoms with Gasteiger partial charge in [-0.3, -0.25) is 4.98 Å². The topological polar surface area (TPSA) is 50.3 Å². The third-order valence-electron chi connectivity index (χ3n) is 3.19. The number of hydrogen-bond acceptors (Lipinski definition) is 4. The van der Waals surface area contributed by atoms with Crippen LogP contribution in [0.3, 0.4) is 0 Å². The molecule has 0 spiro atoms. The Morgan fingerprint density at radius 1 is 1.38 bits per heavy atom. The smallest absolute Gasteiger partial charge is 0.244 e. The molecule has 7 heteroatoms. The monoisotopic (exact) mass is 344 g/mol. The van der Waals surface area contributed by atoms with Gasteiger partial charge in [-0.05, 0) is 30.0 Å². The zero-order valence-electron chi connectivity index (χ0n) is 11.9. The van der Waals surface area contributed by atoms with Crippen molar-refractivity contribution in [1.29, 1.82) is 0 Å². The number of aryl methyl sites for hydroxylation is 1. The molecule has 0 aliphatic carbocycles. The summed E-state index contributed by atoms with van der Waals surface area (Å²) in [4.78, 5) is 5.25. The van der Waals surface area contributed by atoms with Crippen LogP contribution in [0.25, 0.3) is 0 Å². The van der Waals surface area contributed by atoms with Gasteiger partial charge in [-0.1, -0.05) is 6.07 Å². The summed E-state index contributed by atoms with van der Waals surface area (Å²) in [7, 11) is -1.92. The molecule has 0 aromatic carbocycles. The van der Waals surface area contributed by atoms with Crippen LogP contribution in [0.5, 0.6) is 0 Å². The summed E-state index contributed by atoms with van der Waals surface area (Å²) in [5, 5.41) is 1.83. The SMILES string of the molecule is Cc1csc(CCl)c1S(=O)(=O)N(C)CCc1ccccn1. The molecule has 2 aromatic rings. The number of alkyl halides is 1. The summed E-state index contributed by atoms with van der Waals surface area (Å²) in [6, 6.07) is 5.62. The number of rotatable bonds is 6. The van der Waals surface area contributed by atoms with E-state index in [9.17, 15) is 8.42 Å². The Balaban J connectivity index is 2.17. The summed E-state index contributed by atoms with van der Waals surface area (Å²) in [5.74, 6) is 0.209. The average molecular weight is 345 g/mol. The van der Waals surface area contributed by atoms with Gasteiger partial charge >= 0.3 is 0 Å². The maximum absolute atomic E-state index is 12.7. The first kappa shape index (κ1) is 16.4. The van der Waals surface area contributed by atoms with E-state index in [0.717, 1.165) is 11.3 Å². The standard InChI is InChI=1S/C14H17ClN2O2S2/c1-11-10-20-13(9-15)14(11)21(18,19)17(2)8-6-12-5-3-4-7-16-12/h3-5,7,10H,6,8-9H2,1-2H3. The molecule has 0 saturated heterocycles. The Labute approximate surface area is 134 Å². The molecule has 0 N–H and O–H groups in total. The molecule has 0 aliphatic heterocycles. The lowest BCUT2D eigenvalue weighted by molar-refractivity contribution is 0.470. The lowest BCUT2D eigenvalue weighted by atomic mass is 10.3. The quantitative estimate of drug-likeness (QED) is 0.757. The number of hydrogen-bond donors (Lipinski definition) is 0. The minimum absolute atomic E-state index is 0.209. The number of pyridine rings is 1. The first-order chi connectivity index (χ1) is 9.96. The lowest BCUT2D eigenvalue weighted by Gasteiger charge is -2.18. The van der Waals surface area contributed by atoms with E-state index in [0.29, 0.717) is 22.7 Å². The van der Waals surface area contributed by atoms with E-state index >= 15 is 0 Å². The van der Waals surface area contributed by atoms with Crippen LogP contribution in [0.15, 0.2) is 34.7 Å². The molecule has 0 aliphatic rings. The van der Waals surface area contributed by atoms with Crippen LogP contribution in [-0.4, -0.2) is 31.3 Å². The Morgan fingerprint density at radius 3 is 2.76 bits per heavy atom. The van der Waals surface area contributed by atoms with E-state index in [2.05, 4.69) is 4.98 Å². The third-order valence-corrected chi connectivity index (χ3v) is 6.93. The van der Waals surface area contributed by atoms with Crippen LogP contribution >= 0.6 is 22.9 Å². The second kappa shape index (κ2) is 6.87.